The minimum absolute atomic E-state index is 0.0513. The van der Waals surface area contributed by atoms with Gasteiger partial charge in [-0.2, -0.15) is 0 Å². The van der Waals surface area contributed by atoms with Gasteiger partial charge in [0.15, 0.2) is 5.82 Å². The van der Waals surface area contributed by atoms with Crippen LogP contribution in [0.5, 0.6) is 5.75 Å². The average Bonchev–Trinajstić information content (AvgIpc) is 2.72. The van der Waals surface area contributed by atoms with Gasteiger partial charge in [0, 0.05) is 25.2 Å². The minimum atomic E-state index is -0.750. The number of para-hydroxylation sites is 1. The summed E-state index contributed by atoms with van der Waals surface area (Å²) in [7, 11) is 1.63. The standard InChI is InChI=1S/C20H24N4O3/c1-27-16-6-3-2-5-14(16)15-7-8-18(23-22-15)24-12-9-17(25)20(13-24)10-4-11-21-19(20)26/h2-3,5-8,17,25H,4,9-13H2,1H3,(H,21,26)/t17-,20+/m0/s1. The number of amides is 1. The highest BCUT2D eigenvalue weighted by Gasteiger charge is 2.50. The Morgan fingerprint density at radius 1 is 1.26 bits per heavy atom. The molecule has 2 aliphatic rings. The van der Waals surface area contributed by atoms with Crippen molar-refractivity contribution in [2.45, 2.75) is 25.4 Å². The Bertz CT molecular complexity index is 826. The Morgan fingerprint density at radius 3 is 2.85 bits per heavy atom. The summed E-state index contributed by atoms with van der Waals surface area (Å²) >= 11 is 0. The number of benzene rings is 1. The number of hydrogen-bond acceptors (Lipinski definition) is 6. The fourth-order valence-electron chi connectivity index (χ4n) is 4.13. The van der Waals surface area contributed by atoms with E-state index >= 15 is 0 Å². The Balaban J connectivity index is 1.58. The van der Waals surface area contributed by atoms with Gasteiger partial charge in [-0.05, 0) is 43.5 Å². The first kappa shape index (κ1) is 17.7. The molecule has 3 heterocycles. The van der Waals surface area contributed by atoms with Crippen molar-refractivity contribution in [1.29, 1.82) is 0 Å². The number of aliphatic hydroxyl groups is 1. The highest BCUT2D eigenvalue weighted by Crippen LogP contribution is 2.38. The highest BCUT2D eigenvalue weighted by atomic mass is 16.5. The van der Waals surface area contributed by atoms with Crippen LogP contribution in [-0.4, -0.2) is 54.1 Å². The van der Waals surface area contributed by atoms with Crippen LogP contribution in [-0.2, 0) is 4.79 Å². The molecule has 2 fully saturated rings. The van der Waals surface area contributed by atoms with Gasteiger partial charge in [0.2, 0.25) is 5.91 Å². The first-order valence-corrected chi connectivity index (χ1v) is 9.32. The zero-order valence-corrected chi connectivity index (χ0v) is 15.4. The molecule has 0 saturated carbocycles. The van der Waals surface area contributed by atoms with E-state index in [0.29, 0.717) is 32.5 Å². The molecule has 7 heteroatoms. The Hall–Kier alpha value is -2.67. The molecular formula is C20H24N4O3. The van der Waals surface area contributed by atoms with Crippen molar-refractivity contribution < 1.29 is 14.6 Å². The molecule has 2 atom stereocenters. The molecule has 1 amide bonds. The van der Waals surface area contributed by atoms with Crippen molar-refractivity contribution >= 4 is 11.7 Å². The number of rotatable bonds is 3. The summed E-state index contributed by atoms with van der Waals surface area (Å²) < 4.78 is 5.39. The second-order valence-electron chi connectivity index (χ2n) is 7.22. The Kier molecular flexibility index (Phi) is 4.70. The molecule has 4 rings (SSSR count). The fraction of sp³-hybridized carbons (Fsp3) is 0.450. The number of aliphatic hydroxyl groups excluding tert-OH is 1. The van der Waals surface area contributed by atoms with E-state index < -0.39 is 11.5 Å². The molecule has 1 spiro atoms. The van der Waals surface area contributed by atoms with E-state index in [2.05, 4.69) is 20.4 Å². The highest BCUT2D eigenvalue weighted by molar-refractivity contribution is 5.85. The lowest BCUT2D eigenvalue weighted by Gasteiger charge is -2.47. The van der Waals surface area contributed by atoms with Crippen LogP contribution in [0.1, 0.15) is 19.3 Å². The largest absolute Gasteiger partial charge is 0.496 e. The second-order valence-corrected chi connectivity index (χ2v) is 7.22. The predicted octanol–water partition coefficient (Wildman–Crippen LogP) is 1.62. The van der Waals surface area contributed by atoms with Crippen LogP contribution in [0, 0.1) is 5.41 Å². The molecule has 27 heavy (non-hydrogen) atoms. The van der Waals surface area contributed by atoms with Crippen LogP contribution < -0.4 is 15.0 Å². The summed E-state index contributed by atoms with van der Waals surface area (Å²) in [4.78, 5) is 14.6. The Morgan fingerprint density at radius 2 is 2.11 bits per heavy atom. The van der Waals surface area contributed by atoms with Crippen molar-refractivity contribution in [1.82, 2.24) is 15.5 Å². The maximum Gasteiger partial charge on any atom is 0.230 e. The average molecular weight is 368 g/mol. The quantitative estimate of drug-likeness (QED) is 0.856. The number of piperidine rings is 2. The van der Waals surface area contributed by atoms with Gasteiger partial charge >= 0.3 is 0 Å². The van der Waals surface area contributed by atoms with Gasteiger partial charge in [-0.15, -0.1) is 10.2 Å². The number of ether oxygens (including phenoxy) is 1. The van der Waals surface area contributed by atoms with Crippen LogP contribution in [0.4, 0.5) is 5.82 Å². The summed E-state index contributed by atoms with van der Waals surface area (Å²) in [5, 5.41) is 22.2. The molecule has 0 radical (unpaired) electrons. The molecule has 0 bridgehead atoms. The smallest absolute Gasteiger partial charge is 0.230 e. The molecule has 2 N–H and O–H groups in total. The third kappa shape index (κ3) is 3.12. The summed E-state index contributed by atoms with van der Waals surface area (Å²) in [5.74, 6) is 1.42. The van der Waals surface area contributed by atoms with Gasteiger partial charge in [0.05, 0.1) is 24.3 Å². The minimum Gasteiger partial charge on any atom is -0.496 e. The van der Waals surface area contributed by atoms with E-state index in [1.165, 1.54) is 0 Å². The van der Waals surface area contributed by atoms with Crippen LogP contribution >= 0.6 is 0 Å². The number of nitrogens with one attached hydrogen (secondary N) is 1. The molecule has 1 aromatic heterocycles. The van der Waals surface area contributed by atoms with E-state index in [9.17, 15) is 9.90 Å². The molecule has 0 unspecified atom stereocenters. The third-order valence-corrected chi connectivity index (χ3v) is 5.68. The molecular weight excluding hydrogens is 344 g/mol. The normalized spacial score (nSPS) is 25.3. The summed E-state index contributed by atoms with van der Waals surface area (Å²) in [6.45, 7) is 1.79. The van der Waals surface area contributed by atoms with Crippen LogP contribution in [0.2, 0.25) is 0 Å². The van der Waals surface area contributed by atoms with Gasteiger partial charge in [-0.25, -0.2) is 0 Å². The number of nitrogens with zero attached hydrogens (tertiary/aromatic N) is 3. The maximum atomic E-state index is 12.5. The Labute approximate surface area is 158 Å². The van der Waals surface area contributed by atoms with Crippen LogP contribution in [0.25, 0.3) is 11.3 Å². The number of carbonyl (C=O) groups excluding carboxylic acids is 1. The lowest BCUT2D eigenvalue weighted by atomic mass is 9.71. The van der Waals surface area contributed by atoms with Gasteiger partial charge in [-0.1, -0.05) is 12.1 Å². The fourth-order valence-corrected chi connectivity index (χ4v) is 4.13. The second kappa shape index (κ2) is 7.15. The van der Waals surface area contributed by atoms with Crippen LogP contribution in [0.3, 0.4) is 0 Å². The van der Waals surface area contributed by atoms with Gasteiger partial charge < -0.3 is 20.1 Å². The summed E-state index contributed by atoms with van der Waals surface area (Å²) in [5.41, 5.74) is 0.870. The maximum absolute atomic E-state index is 12.5. The van der Waals surface area contributed by atoms with Crippen molar-refractivity contribution in [2.24, 2.45) is 5.41 Å². The monoisotopic (exact) mass is 368 g/mol. The number of anilines is 1. The predicted molar refractivity (Wildman–Crippen MR) is 102 cm³/mol. The van der Waals surface area contributed by atoms with Gasteiger partial charge in [-0.3, -0.25) is 4.79 Å². The van der Waals surface area contributed by atoms with Crippen LogP contribution in [0.15, 0.2) is 36.4 Å². The zero-order chi connectivity index (χ0) is 18.9. The van der Waals surface area contributed by atoms with E-state index in [1.807, 2.05) is 36.4 Å². The van der Waals surface area contributed by atoms with E-state index in [4.69, 9.17) is 4.74 Å². The van der Waals surface area contributed by atoms with Crippen molar-refractivity contribution in [2.75, 3.05) is 31.6 Å². The molecule has 7 nitrogen and oxygen atoms in total. The summed E-state index contributed by atoms with van der Waals surface area (Å²) in [6, 6.07) is 11.5. The topological polar surface area (TPSA) is 87.6 Å². The SMILES string of the molecule is COc1ccccc1-c1ccc(N2CC[C@H](O)[C@@]3(CCCNC3=O)C2)nn1. The van der Waals surface area contributed by atoms with Gasteiger partial charge in [0.25, 0.3) is 0 Å². The first-order valence-electron chi connectivity index (χ1n) is 9.32. The van der Waals surface area contributed by atoms with E-state index in [0.717, 1.165) is 29.2 Å². The lowest BCUT2D eigenvalue weighted by Crippen LogP contribution is -2.61. The van der Waals surface area contributed by atoms with E-state index in [1.54, 1.807) is 7.11 Å². The number of hydrogen-bond donors (Lipinski definition) is 2. The molecule has 142 valence electrons. The van der Waals surface area contributed by atoms with E-state index in [-0.39, 0.29) is 5.91 Å². The van der Waals surface area contributed by atoms with Crippen molar-refractivity contribution in [3.8, 4) is 17.0 Å². The zero-order valence-electron chi connectivity index (χ0n) is 15.4. The van der Waals surface area contributed by atoms with Gasteiger partial charge in [0.1, 0.15) is 5.75 Å². The molecule has 0 aliphatic carbocycles. The first-order chi connectivity index (χ1) is 13.1. The molecule has 2 aromatic rings. The number of aromatic nitrogens is 2. The third-order valence-electron chi connectivity index (χ3n) is 5.68. The molecule has 2 saturated heterocycles. The summed E-state index contributed by atoms with van der Waals surface area (Å²) in [6.07, 6.45) is 1.51. The number of methoxy groups -OCH3 is 1. The molecule has 2 aliphatic heterocycles. The molecule has 1 aromatic carbocycles. The van der Waals surface area contributed by atoms with Crippen molar-refractivity contribution in [3.63, 3.8) is 0 Å². The van der Waals surface area contributed by atoms with Crippen molar-refractivity contribution in [3.05, 3.63) is 36.4 Å². The lowest BCUT2D eigenvalue weighted by molar-refractivity contribution is -0.142. The number of carbonyl (C=O) groups is 1.